The van der Waals surface area contributed by atoms with Crippen molar-refractivity contribution in [3.8, 4) is 0 Å². The van der Waals surface area contributed by atoms with Crippen LogP contribution in [0.3, 0.4) is 0 Å². The molecule has 1 saturated heterocycles. The number of ether oxygens (including phenoxy) is 1. The maximum atomic E-state index is 11.7. The van der Waals surface area contributed by atoms with Crippen molar-refractivity contribution in [2.75, 3.05) is 0 Å². The lowest BCUT2D eigenvalue weighted by Crippen LogP contribution is -2.62. The van der Waals surface area contributed by atoms with E-state index in [1.54, 1.807) is 0 Å². The second-order valence-corrected chi connectivity index (χ2v) is 15.9. The van der Waals surface area contributed by atoms with Crippen LogP contribution in [0.2, 0.25) is 0 Å². The van der Waals surface area contributed by atoms with E-state index in [1.807, 2.05) is 13.8 Å². The minimum absolute atomic E-state index is 0.0267. The van der Waals surface area contributed by atoms with Crippen molar-refractivity contribution < 1.29 is 25.2 Å². The SMILES string of the molecule is CC(C)(O)C1CC[C@](C)(C2[C@@H](O)C[C@@]3(C)[C@@H]4C[C@H](O)[C@H]5C(C)(C)[C@@H](O)CC[C@@]56C[C@@]46CC[C@]23C)O1. The Kier molecular flexibility index (Phi) is 4.92. The summed E-state index contributed by atoms with van der Waals surface area (Å²) < 4.78 is 6.66. The molecule has 0 aromatic rings. The highest BCUT2D eigenvalue weighted by atomic mass is 16.5. The normalized spacial score (nSPS) is 60.9. The third-order valence-electron chi connectivity index (χ3n) is 13.8. The molecule has 4 N–H and O–H groups in total. The summed E-state index contributed by atoms with van der Waals surface area (Å²) in [6, 6.07) is 0. The Labute approximate surface area is 212 Å². The average molecular weight is 491 g/mol. The molecule has 12 atom stereocenters. The van der Waals surface area contributed by atoms with E-state index < -0.39 is 23.4 Å². The molecule has 1 aliphatic heterocycles. The zero-order chi connectivity index (χ0) is 25.6. The van der Waals surface area contributed by atoms with Crippen LogP contribution in [0, 0.1) is 44.8 Å². The summed E-state index contributed by atoms with van der Waals surface area (Å²) in [5, 5.41) is 45.0. The first-order valence-electron chi connectivity index (χ1n) is 14.4. The fourth-order valence-corrected chi connectivity index (χ4v) is 12.1. The summed E-state index contributed by atoms with van der Waals surface area (Å²) in [5.74, 6) is 0.577. The van der Waals surface area contributed by atoms with Crippen LogP contribution in [0.15, 0.2) is 0 Å². The Bertz CT molecular complexity index is 911. The first kappa shape index (κ1) is 25.1. The zero-order valence-electron chi connectivity index (χ0n) is 23.1. The van der Waals surface area contributed by atoms with Crippen LogP contribution in [0.1, 0.15) is 106 Å². The van der Waals surface area contributed by atoms with Gasteiger partial charge < -0.3 is 25.2 Å². The fraction of sp³-hybridized carbons (Fsp3) is 1.00. The molecule has 5 saturated carbocycles. The molecule has 35 heavy (non-hydrogen) atoms. The van der Waals surface area contributed by atoms with Gasteiger partial charge in [0.15, 0.2) is 0 Å². The van der Waals surface area contributed by atoms with Gasteiger partial charge >= 0.3 is 0 Å². The van der Waals surface area contributed by atoms with Crippen molar-refractivity contribution in [1.82, 2.24) is 0 Å². The van der Waals surface area contributed by atoms with Crippen molar-refractivity contribution in [3.05, 3.63) is 0 Å². The molecule has 1 heterocycles. The van der Waals surface area contributed by atoms with Crippen LogP contribution < -0.4 is 0 Å². The maximum Gasteiger partial charge on any atom is 0.0865 e. The lowest BCUT2D eigenvalue weighted by molar-refractivity contribution is -0.213. The summed E-state index contributed by atoms with van der Waals surface area (Å²) in [5.41, 5.74) is -1.35. The molecule has 0 aromatic heterocycles. The Hall–Kier alpha value is -0.200. The Balaban J connectivity index is 1.37. The highest BCUT2D eigenvalue weighted by molar-refractivity contribution is 5.33. The molecule has 200 valence electrons. The largest absolute Gasteiger partial charge is 0.393 e. The first-order chi connectivity index (χ1) is 16.0. The van der Waals surface area contributed by atoms with Crippen LogP contribution >= 0.6 is 0 Å². The summed E-state index contributed by atoms with van der Waals surface area (Å²) >= 11 is 0. The van der Waals surface area contributed by atoms with Crippen LogP contribution in [-0.2, 0) is 4.74 Å². The Morgan fingerprint density at radius 2 is 1.46 bits per heavy atom. The minimum Gasteiger partial charge on any atom is -0.393 e. The molecule has 0 aromatic carbocycles. The van der Waals surface area contributed by atoms with Crippen LogP contribution in [-0.4, -0.2) is 56.0 Å². The molecular weight excluding hydrogens is 440 g/mol. The molecule has 2 spiro atoms. The standard InChI is InChI=1S/C30H50O5/c1-24(2)20(33)8-11-30-16-29(30)13-12-26(5)23(28(7)10-9-21(35-28)25(3,4)34)18(32)15-27(26,6)19(29)14-17(31)22(24)30/h17-23,31-34H,8-16H2,1-7H3/t17-,18-,19-,20-,21?,22-,23?,26+,27-,28+,29-,30+/m0/s1. The third kappa shape index (κ3) is 2.78. The van der Waals surface area contributed by atoms with Gasteiger partial charge in [-0.2, -0.15) is 0 Å². The van der Waals surface area contributed by atoms with Gasteiger partial charge in [0.2, 0.25) is 0 Å². The molecule has 5 heteroatoms. The Morgan fingerprint density at radius 1 is 0.771 bits per heavy atom. The monoisotopic (exact) mass is 490 g/mol. The smallest absolute Gasteiger partial charge is 0.0865 e. The first-order valence-corrected chi connectivity index (χ1v) is 14.4. The van der Waals surface area contributed by atoms with E-state index in [-0.39, 0.29) is 51.1 Å². The van der Waals surface area contributed by atoms with Crippen LogP contribution in [0.25, 0.3) is 0 Å². The summed E-state index contributed by atoms with van der Waals surface area (Å²) in [4.78, 5) is 0. The van der Waals surface area contributed by atoms with E-state index in [4.69, 9.17) is 4.74 Å². The topological polar surface area (TPSA) is 90.2 Å². The molecule has 0 amide bonds. The second kappa shape index (κ2) is 6.86. The number of rotatable bonds is 2. The highest BCUT2D eigenvalue weighted by Crippen LogP contribution is 2.89. The van der Waals surface area contributed by atoms with E-state index in [1.165, 1.54) is 6.42 Å². The highest BCUT2D eigenvalue weighted by Gasteiger charge is 2.84. The van der Waals surface area contributed by atoms with Crippen LogP contribution in [0.4, 0.5) is 0 Å². The van der Waals surface area contributed by atoms with Gasteiger partial charge in [-0.25, -0.2) is 0 Å². The minimum atomic E-state index is -0.886. The van der Waals surface area contributed by atoms with Gasteiger partial charge in [-0.15, -0.1) is 0 Å². The number of aliphatic hydroxyl groups is 4. The maximum absolute atomic E-state index is 11.7. The second-order valence-electron chi connectivity index (χ2n) is 15.9. The predicted molar refractivity (Wildman–Crippen MR) is 134 cm³/mol. The third-order valence-corrected chi connectivity index (χ3v) is 13.8. The average Bonchev–Trinajstić information content (AvgIpc) is 3.08. The molecule has 5 nitrogen and oxygen atoms in total. The van der Waals surface area contributed by atoms with Crippen molar-refractivity contribution >= 4 is 0 Å². The molecule has 6 rings (SSSR count). The van der Waals surface area contributed by atoms with Crippen molar-refractivity contribution in [2.45, 2.75) is 142 Å². The van der Waals surface area contributed by atoms with E-state index in [0.29, 0.717) is 5.92 Å². The molecule has 2 unspecified atom stereocenters. The van der Waals surface area contributed by atoms with Crippen LogP contribution in [0.5, 0.6) is 0 Å². The molecule has 6 fully saturated rings. The summed E-state index contributed by atoms with van der Waals surface area (Å²) in [6.07, 6.45) is 7.18. The van der Waals surface area contributed by atoms with Gasteiger partial charge in [0, 0.05) is 5.92 Å². The molecule has 5 aliphatic carbocycles. The Morgan fingerprint density at radius 3 is 2.09 bits per heavy atom. The van der Waals surface area contributed by atoms with Gasteiger partial charge in [-0.3, -0.25) is 0 Å². The molecular formula is C30H50O5. The number of hydrogen-bond donors (Lipinski definition) is 4. The lowest BCUT2D eigenvalue weighted by Gasteiger charge is -2.64. The molecule has 0 bridgehead atoms. The summed E-state index contributed by atoms with van der Waals surface area (Å²) in [7, 11) is 0. The van der Waals surface area contributed by atoms with Gasteiger partial charge in [-0.05, 0) is 117 Å². The van der Waals surface area contributed by atoms with Gasteiger partial charge in [0.1, 0.15) is 0 Å². The number of aliphatic hydroxyl groups excluding tert-OH is 3. The quantitative estimate of drug-likeness (QED) is 0.460. The van der Waals surface area contributed by atoms with E-state index in [2.05, 4.69) is 34.6 Å². The predicted octanol–water partition coefficient (Wildman–Crippen LogP) is 4.44. The zero-order valence-corrected chi connectivity index (χ0v) is 23.1. The van der Waals surface area contributed by atoms with Crippen molar-refractivity contribution in [3.63, 3.8) is 0 Å². The van der Waals surface area contributed by atoms with E-state index in [9.17, 15) is 20.4 Å². The fourth-order valence-electron chi connectivity index (χ4n) is 12.1. The van der Waals surface area contributed by atoms with Gasteiger partial charge in [0.05, 0.1) is 35.6 Å². The van der Waals surface area contributed by atoms with Crippen molar-refractivity contribution in [1.29, 1.82) is 0 Å². The lowest BCUT2D eigenvalue weighted by atomic mass is 9.41. The van der Waals surface area contributed by atoms with Gasteiger partial charge in [-0.1, -0.05) is 27.7 Å². The number of hydrogen-bond acceptors (Lipinski definition) is 5. The van der Waals surface area contributed by atoms with E-state index >= 15 is 0 Å². The molecule has 6 aliphatic rings. The van der Waals surface area contributed by atoms with E-state index in [0.717, 1.165) is 51.4 Å². The summed E-state index contributed by atoms with van der Waals surface area (Å²) in [6.45, 7) is 15.0. The molecule has 0 radical (unpaired) electrons. The van der Waals surface area contributed by atoms with Gasteiger partial charge in [0.25, 0.3) is 0 Å². The van der Waals surface area contributed by atoms with Crippen molar-refractivity contribution in [2.24, 2.45) is 44.8 Å². The number of fused-ring (bicyclic) bond motifs is 2.